The predicted molar refractivity (Wildman–Crippen MR) is 96.9 cm³/mol. The van der Waals surface area contributed by atoms with Gasteiger partial charge in [0.2, 0.25) is 0 Å². The molecule has 0 aliphatic rings. The van der Waals surface area contributed by atoms with Crippen molar-refractivity contribution in [2.24, 2.45) is 0 Å². The molecule has 0 spiro atoms. The number of ether oxygens (including phenoxy) is 1. The summed E-state index contributed by atoms with van der Waals surface area (Å²) in [7, 11) is -0.436. The van der Waals surface area contributed by atoms with Gasteiger partial charge in [-0.15, -0.1) is 6.58 Å². The average Bonchev–Trinajstić information content (AvgIpc) is 2.54. The number of hydrogen-bond acceptors (Lipinski definition) is 2. The van der Waals surface area contributed by atoms with Crippen molar-refractivity contribution in [3.8, 4) is 0 Å². The number of allylic oxidation sites excluding steroid dienone is 2. The van der Waals surface area contributed by atoms with Gasteiger partial charge >= 0.3 is 5.97 Å². The third-order valence-electron chi connectivity index (χ3n) is 4.17. The van der Waals surface area contributed by atoms with Gasteiger partial charge in [-0.1, -0.05) is 79.7 Å². The van der Waals surface area contributed by atoms with Crippen molar-refractivity contribution in [2.45, 2.75) is 45.7 Å². The van der Waals surface area contributed by atoms with Gasteiger partial charge in [0.05, 0.1) is 7.11 Å². The largest absolute Gasteiger partial charge is 0.466 e. The molecule has 0 aliphatic heterocycles. The molecule has 0 amide bonds. The quantitative estimate of drug-likeness (QED) is 0.308. The number of unbranched alkanes of at least 4 members (excludes halogenated alkanes) is 1. The summed E-state index contributed by atoms with van der Waals surface area (Å²) in [4.78, 5) is 12.3. The average molecular weight is 317 g/mol. The van der Waals surface area contributed by atoms with Crippen LogP contribution in [0.5, 0.6) is 0 Å². The van der Waals surface area contributed by atoms with Gasteiger partial charge in [-0.25, -0.2) is 4.79 Å². The zero-order chi connectivity index (χ0) is 16.6. The lowest BCUT2D eigenvalue weighted by atomic mass is 10.1. The zero-order valence-corrected chi connectivity index (χ0v) is 15.3. The fourth-order valence-electron chi connectivity index (χ4n) is 2.82. The van der Waals surface area contributed by atoms with Crippen LogP contribution in [-0.4, -0.2) is 21.2 Å². The maximum absolute atomic E-state index is 12.3. The molecule has 2 nitrogen and oxygen atoms in total. The van der Waals surface area contributed by atoms with Crippen LogP contribution in [0.3, 0.4) is 0 Å². The van der Waals surface area contributed by atoms with E-state index in [0.717, 1.165) is 24.8 Å². The van der Waals surface area contributed by atoms with E-state index in [-0.39, 0.29) is 5.97 Å². The summed E-state index contributed by atoms with van der Waals surface area (Å²) < 4.78 is 5.03. The summed E-state index contributed by atoms with van der Waals surface area (Å²) in [5.41, 5.74) is 0.812. The summed E-state index contributed by atoms with van der Waals surface area (Å²) in [6.45, 7) is 10.6. The molecule has 0 radical (unpaired) electrons. The summed E-state index contributed by atoms with van der Waals surface area (Å²) >= 11 is 0. The minimum absolute atomic E-state index is 0.206. The van der Waals surface area contributed by atoms with Gasteiger partial charge < -0.3 is 4.74 Å². The summed E-state index contributed by atoms with van der Waals surface area (Å²) in [5.74, 6) is -0.206. The molecule has 0 atom stereocenters. The van der Waals surface area contributed by atoms with E-state index < -0.39 is 8.07 Å². The SMILES string of the molecule is C=CC/C(C(=O)OC)=C(/CCCC)[Si](C)(C)c1ccccc1. The fraction of sp³-hybridized carbons (Fsp3) is 0.421. The second-order valence-electron chi connectivity index (χ2n) is 6.04. The highest BCUT2D eigenvalue weighted by molar-refractivity contribution is 6.96. The molecule has 0 heterocycles. The zero-order valence-electron chi connectivity index (χ0n) is 14.3. The molecule has 3 heteroatoms. The third kappa shape index (κ3) is 4.44. The first-order valence-corrected chi connectivity index (χ1v) is 11.0. The van der Waals surface area contributed by atoms with E-state index in [1.54, 1.807) is 6.08 Å². The topological polar surface area (TPSA) is 26.3 Å². The number of methoxy groups -OCH3 is 1. The van der Waals surface area contributed by atoms with Crippen LogP contribution in [0.1, 0.15) is 32.6 Å². The Labute approximate surface area is 135 Å². The maximum Gasteiger partial charge on any atom is 0.333 e. The van der Waals surface area contributed by atoms with Crippen LogP contribution in [0, 0.1) is 0 Å². The van der Waals surface area contributed by atoms with Crippen LogP contribution in [-0.2, 0) is 9.53 Å². The summed E-state index contributed by atoms with van der Waals surface area (Å²) in [6, 6.07) is 10.6. The Bertz CT molecular complexity index is 530. The van der Waals surface area contributed by atoms with E-state index in [1.165, 1.54) is 17.5 Å². The highest BCUT2D eigenvalue weighted by Crippen LogP contribution is 2.27. The Kier molecular flexibility index (Phi) is 7.32. The Hall–Kier alpha value is -1.61. The predicted octanol–water partition coefficient (Wildman–Crippen LogP) is 4.38. The minimum atomic E-state index is -1.89. The molecule has 0 saturated carbocycles. The van der Waals surface area contributed by atoms with Crippen molar-refractivity contribution in [1.82, 2.24) is 0 Å². The van der Waals surface area contributed by atoms with E-state index in [0.29, 0.717) is 6.42 Å². The lowest BCUT2D eigenvalue weighted by molar-refractivity contribution is -0.136. The molecular formula is C19H28O2Si. The maximum atomic E-state index is 12.3. The van der Waals surface area contributed by atoms with Crippen LogP contribution in [0.15, 0.2) is 53.8 Å². The molecule has 1 aromatic rings. The number of hydrogen-bond donors (Lipinski definition) is 0. The normalized spacial score (nSPS) is 12.5. The van der Waals surface area contributed by atoms with Gasteiger partial charge in [0.1, 0.15) is 8.07 Å². The lowest BCUT2D eigenvalue weighted by Gasteiger charge is -2.29. The van der Waals surface area contributed by atoms with E-state index in [4.69, 9.17) is 4.74 Å². The number of carbonyl (C=O) groups excluding carboxylic acids is 1. The van der Waals surface area contributed by atoms with Crippen molar-refractivity contribution in [3.63, 3.8) is 0 Å². The van der Waals surface area contributed by atoms with Gasteiger partial charge in [-0.05, 0) is 12.8 Å². The second-order valence-corrected chi connectivity index (χ2v) is 10.5. The van der Waals surface area contributed by atoms with Gasteiger partial charge in [0, 0.05) is 5.57 Å². The number of rotatable bonds is 8. The fourth-order valence-corrected chi connectivity index (χ4v) is 5.96. The number of carbonyl (C=O) groups is 1. The summed E-state index contributed by atoms with van der Waals surface area (Å²) in [6.07, 6.45) is 5.55. The van der Waals surface area contributed by atoms with Gasteiger partial charge in [-0.3, -0.25) is 0 Å². The number of esters is 1. The lowest BCUT2D eigenvalue weighted by Crippen LogP contribution is -2.45. The smallest absolute Gasteiger partial charge is 0.333 e. The van der Waals surface area contributed by atoms with E-state index >= 15 is 0 Å². The Morgan fingerprint density at radius 1 is 1.27 bits per heavy atom. The number of benzene rings is 1. The molecule has 0 N–H and O–H groups in total. The molecule has 1 rings (SSSR count). The van der Waals surface area contributed by atoms with Crippen LogP contribution in [0.25, 0.3) is 0 Å². The van der Waals surface area contributed by atoms with Gasteiger partial charge in [0.15, 0.2) is 0 Å². The molecule has 0 bridgehead atoms. The Morgan fingerprint density at radius 3 is 2.41 bits per heavy atom. The highest BCUT2D eigenvalue weighted by atomic mass is 28.3. The second kappa shape index (κ2) is 8.74. The van der Waals surface area contributed by atoms with Crippen LogP contribution >= 0.6 is 0 Å². The molecule has 0 fully saturated rings. The molecule has 0 saturated heterocycles. The standard InChI is InChI=1S/C19H28O2Si/c1-6-8-15-18(17(12-7-2)19(20)21-3)22(4,5)16-13-10-9-11-14-16/h7,9-11,13-14H,2,6,8,12,15H2,1,3-5H3/b18-17+. The Balaban J connectivity index is 3.42. The molecular weight excluding hydrogens is 288 g/mol. The first-order valence-electron chi connectivity index (χ1n) is 7.96. The van der Waals surface area contributed by atoms with E-state index in [1.807, 2.05) is 6.07 Å². The van der Waals surface area contributed by atoms with Crippen molar-refractivity contribution in [3.05, 3.63) is 53.8 Å². The van der Waals surface area contributed by atoms with Crippen LogP contribution in [0.2, 0.25) is 13.1 Å². The van der Waals surface area contributed by atoms with Crippen molar-refractivity contribution in [2.75, 3.05) is 7.11 Å². The van der Waals surface area contributed by atoms with Crippen LogP contribution < -0.4 is 5.19 Å². The molecule has 1 aromatic carbocycles. The first kappa shape index (κ1) is 18.4. The van der Waals surface area contributed by atoms with Crippen LogP contribution in [0.4, 0.5) is 0 Å². The molecule has 0 aromatic heterocycles. The molecule has 22 heavy (non-hydrogen) atoms. The highest BCUT2D eigenvalue weighted by Gasteiger charge is 2.32. The van der Waals surface area contributed by atoms with Crippen molar-refractivity contribution >= 4 is 19.2 Å². The van der Waals surface area contributed by atoms with E-state index in [9.17, 15) is 4.79 Å². The third-order valence-corrected chi connectivity index (χ3v) is 8.01. The molecule has 120 valence electrons. The van der Waals surface area contributed by atoms with Crippen molar-refractivity contribution < 1.29 is 9.53 Å². The van der Waals surface area contributed by atoms with Gasteiger partial charge in [0.25, 0.3) is 0 Å². The summed E-state index contributed by atoms with van der Waals surface area (Å²) in [5, 5.41) is 2.65. The monoisotopic (exact) mass is 316 g/mol. The van der Waals surface area contributed by atoms with E-state index in [2.05, 4.69) is 50.9 Å². The minimum Gasteiger partial charge on any atom is -0.466 e. The first-order chi connectivity index (χ1) is 10.5. The Morgan fingerprint density at radius 2 is 1.91 bits per heavy atom. The van der Waals surface area contributed by atoms with Gasteiger partial charge in [-0.2, -0.15) is 0 Å². The molecule has 0 unspecified atom stereocenters. The molecule has 0 aliphatic carbocycles. The van der Waals surface area contributed by atoms with Crippen molar-refractivity contribution in [1.29, 1.82) is 0 Å².